The lowest BCUT2D eigenvalue weighted by atomic mass is 9.95. The summed E-state index contributed by atoms with van der Waals surface area (Å²) in [5.41, 5.74) is 5.66. The Morgan fingerprint density at radius 2 is 2.16 bits per heavy atom. The summed E-state index contributed by atoms with van der Waals surface area (Å²) < 4.78 is 4.85. The van der Waals surface area contributed by atoms with E-state index in [4.69, 9.17) is 10.5 Å². The highest BCUT2D eigenvalue weighted by atomic mass is 16.5. The number of rotatable bonds is 7. The van der Waals surface area contributed by atoms with E-state index in [-0.39, 0.29) is 23.7 Å². The summed E-state index contributed by atoms with van der Waals surface area (Å²) >= 11 is 0. The molecule has 3 atom stereocenters. The second kappa shape index (κ2) is 8.12. The van der Waals surface area contributed by atoms with Crippen molar-refractivity contribution in [2.75, 3.05) is 26.8 Å². The van der Waals surface area contributed by atoms with Gasteiger partial charge in [-0.2, -0.15) is 0 Å². The molecule has 3 unspecified atom stereocenters. The van der Waals surface area contributed by atoms with Crippen molar-refractivity contribution in [1.82, 2.24) is 10.6 Å². The van der Waals surface area contributed by atoms with Crippen LogP contribution in [-0.2, 0) is 14.3 Å². The van der Waals surface area contributed by atoms with Crippen molar-refractivity contribution in [1.29, 1.82) is 0 Å². The summed E-state index contributed by atoms with van der Waals surface area (Å²) in [4.78, 5) is 23.8. The summed E-state index contributed by atoms with van der Waals surface area (Å²) in [6.45, 7) is 3.13. The first kappa shape index (κ1) is 15.9. The second-order valence-corrected chi connectivity index (χ2v) is 5.05. The second-order valence-electron chi connectivity index (χ2n) is 5.05. The quantitative estimate of drug-likeness (QED) is 0.551. The third-order valence-electron chi connectivity index (χ3n) is 3.66. The van der Waals surface area contributed by atoms with Gasteiger partial charge in [0.25, 0.3) is 0 Å². The zero-order valence-corrected chi connectivity index (χ0v) is 11.8. The van der Waals surface area contributed by atoms with E-state index in [1.54, 1.807) is 14.0 Å². The molecular formula is C13H25N3O3. The first-order valence-electron chi connectivity index (χ1n) is 6.87. The molecule has 1 saturated carbocycles. The number of hydrogen-bond acceptors (Lipinski definition) is 4. The summed E-state index contributed by atoms with van der Waals surface area (Å²) in [6, 6.07) is -0.525. The minimum atomic E-state index is -0.525. The highest BCUT2D eigenvalue weighted by Crippen LogP contribution is 2.30. The first-order chi connectivity index (χ1) is 9.10. The summed E-state index contributed by atoms with van der Waals surface area (Å²) in [7, 11) is 1.57. The molecule has 0 aromatic heterocycles. The molecule has 0 radical (unpaired) electrons. The number of carbonyl (C=O) groups excluding carboxylic acids is 2. The Bertz CT molecular complexity index is 310. The molecule has 6 heteroatoms. The van der Waals surface area contributed by atoms with Crippen molar-refractivity contribution in [3.8, 4) is 0 Å². The predicted octanol–water partition coefficient (Wildman–Crippen LogP) is -0.371. The van der Waals surface area contributed by atoms with Crippen LogP contribution in [0.1, 0.15) is 26.2 Å². The molecule has 19 heavy (non-hydrogen) atoms. The van der Waals surface area contributed by atoms with Gasteiger partial charge in [-0.1, -0.05) is 6.42 Å². The van der Waals surface area contributed by atoms with E-state index in [1.165, 1.54) is 0 Å². The van der Waals surface area contributed by atoms with E-state index in [0.29, 0.717) is 19.7 Å². The van der Waals surface area contributed by atoms with Gasteiger partial charge in [0, 0.05) is 19.6 Å². The normalized spacial score (nSPS) is 23.9. The maximum Gasteiger partial charge on any atom is 0.242 e. The SMILES string of the molecule is COCCNC(=O)C(C)NC(=O)C1CCCC1CN. The van der Waals surface area contributed by atoms with Gasteiger partial charge in [-0.05, 0) is 32.2 Å². The average molecular weight is 271 g/mol. The minimum absolute atomic E-state index is 0.0424. The molecule has 6 nitrogen and oxygen atoms in total. The third-order valence-corrected chi connectivity index (χ3v) is 3.66. The van der Waals surface area contributed by atoms with Crippen molar-refractivity contribution in [3.63, 3.8) is 0 Å². The molecule has 4 N–H and O–H groups in total. The molecule has 1 fully saturated rings. The molecule has 1 aliphatic carbocycles. The van der Waals surface area contributed by atoms with E-state index in [1.807, 2.05) is 0 Å². The highest BCUT2D eigenvalue weighted by Gasteiger charge is 2.33. The van der Waals surface area contributed by atoms with Crippen molar-refractivity contribution < 1.29 is 14.3 Å². The van der Waals surface area contributed by atoms with E-state index >= 15 is 0 Å². The molecule has 1 aliphatic rings. The lowest BCUT2D eigenvalue weighted by molar-refractivity contribution is -0.131. The molecule has 110 valence electrons. The third kappa shape index (κ3) is 4.80. The van der Waals surface area contributed by atoms with Crippen LogP contribution < -0.4 is 16.4 Å². The zero-order chi connectivity index (χ0) is 14.3. The molecule has 0 aliphatic heterocycles. The van der Waals surface area contributed by atoms with E-state index in [9.17, 15) is 9.59 Å². The zero-order valence-electron chi connectivity index (χ0n) is 11.8. The maximum atomic E-state index is 12.1. The summed E-state index contributed by atoms with van der Waals surface area (Å²) in [6.07, 6.45) is 2.91. The molecule has 0 aromatic rings. The van der Waals surface area contributed by atoms with Crippen LogP contribution in [-0.4, -0.2) is 44.7 Å². The van der Waals surface area contributed by atoms with Gasteiger partial charge in [0.15, 0.2) is 0 Å². The van der Waals surface area contributed by atoms with Crippen molar-refractivity contribution >= 4 is 11.8 Å². The van der Waals surface area contributed by atoms with Crippen LogP contribution in [0.25, 0.3) is 0 Å². The molecule has 1 rings (SSSR count). The van der Waals surface area contributed by atoms with E-state index < -0.39 is 6.04 Å². The number of amides is 2. The molecule has 0 saturated heterocycles. The van der Waals surface area contributed by atoms with Crippen molar-refractivity contribution in [3.05, 3.63) is 0 Å². The van der Waals surface area contributed by atoms with Crippen LogP contribution >= 0.6 is 0 Å². The number of nitrogens with one attached hydrogen (secondary N) is 2. The van der Waals surface area contributed by atoms with Gasteiger partial charge in [0.2, 0.25) is 11.8 Å². The molecule has 0 bridgehead atoms. The Balaban J connectivity index is 2.36. The average Bonchev–Trinajstić information content (AvgIpc) is 2.87. The van der Waals surface area contributed by atoms with Crippen LogP contribution in [0.3, 0.4) is 0 Å². The Kier molecular flexibility index (Phi) is 6.80. The molecule has 0 aromatic carbocycles. The number of carbonyl (C=O) groups is 2. The largest absolute Gasteiger partial charge is 0.383 e. The smallest absolute Gasteiger partial charge is 0.242 e. The van der Waals surface area contributed by atoms with Gasteiger partial charge < -0.3 is 21.1 Å². The van der Waals surface area contributed by atoms with E-state index in [0.717, 1.165) is 19.3 Å². The van der Waals surface area contributed by atoms with Gasteiger partial charge in [-0.15, -0.1) is 0 Å². The number of nitrogens with two attached hydrogens (primary N) is 1. The van der Waals surface area contributed by atoms with Crippen LogP contribution in [0.4, 0.5) is 0 Å². The van der Waals surface area contributed by atoms with Gasteiger partial charge in [-0.25, -0.2) is 0 Å². The van der Waals surface area contributed by atoms with E-state index in [2.05, 4.69) is 10.6 Å². The Morgan fingerprint density at radius 3 is 2.79 bits per heavy atom. The van der Waals surface area contributed by atoms with Gasteiger partial charge in [-0.3, -0.25) is 9.59 Å². The summed E-state index contributed by atoms with van der Waals surface area (Å²) in [5.74, 6) is -0.0296. The number of hydrogen-bond donors (Lipinski definition) is 3. The van der Waals surface area contributed by atoms with Crippen LogP contribution in [0.5, 0.6) is 0 Å². The molecule has 0 spiro atoms. The van der Waals surface area contributed by atoms with Crippen molar-refractivity contribution in [2.45, 2.75) is 32.2 Å². The molecule has 0 heterocycles. The Morgan fingerprint density at radius 1 is 1.42 bits per heavy atom. The van der Waals surface area contributed by atoms with Crippen LogP contribution in [0.2, 0.25) is 0 Å². The van der Waals surface area contributed by atoms with Gasteiger partial charge in [0.05, 0.1) is 6.61 Å². The van der Waals surface area contributed by atoms with Crippen LogP contribution in [0.15, 0.2) is 0 Å². The molecule has 2 amide bonds. The highest BCUT2D eigenvalue weighted by molar-refractivity contribution is 5.88. The first-order valence-corrected chi connectivity index (χ1v) is 6.87. The Labute approximate surface area is 114 Å². The monoisotopic (exact) mass is 271 g/mol. The maximum absolute atomic E-state index is 12.1. The predicted molar refractivity (Wildman–Crippen MR) is 72.4 cm³/mol. The Hall–Kier alpha value is -1.14. The fourth-order valence-corrected chi connectivity index (χ4v) is 2.48. The minimum Gasteiger partial charge on any atom is -0.383 e. The van der Waals surface area contributed by atoms with Crippen molar-refractivity contribution in [2.24, 2.45) is 17.6 Å². The fraction of sp³-hybridized carbons (Fsp3) is 0.846. The molecular weight excluding hydrogens is 246 g/mol. The van der Waals surface area contributed by atoms with Gasteiger partial charge in [0.1, 0.15) is 6.04 Å². The number of methoxy groups -OCH3 is 1. The lowest BCUT2D eigenvalue weighted by Crippen LogP contribution is -2.48. The fourth-order valence-electron chi connectivity index (χ4n) is 2.48. The number of ether oxygens (including phenoxy) is 1. The van der Waals surface area contributed by atoms with Crippen LogP contribution in [0, 0.1) is 11.8 Å². The topological polar surface area (TPSA) is 93.5 Å². The standard InChI is InChI=1S/C13H25N3O3/c1-9(12(17)15-6-7-19-2)16-13(18)11-5-3-4-10(11)8-14/h9-11H,3-8,14H2,1-2H3,(H,15,17)(H,16,18). The van der Waals surface area contributed by atoms with Gasteiger partial charge >= 0.3 is 0 Å². The lowest BCUT2D eigenvalue weighted by Gasteiger charge is -2.20. The summed E-state index contributed by atoms with van der Waals surface area (Å²) in [5, 5.41) is 5.47.